The number of carbonyl (C=O) groups excluding carboxylic acids is 2. The first-order valence-electron chi connectivity index (χ1n) is 6.94. The van der Waals surface area contributed by atoms with Gasteiger partial charge in [-0.15, -0.1) is 0 Å². The first-order valence-corrected chi connectivity index (χ1v) is 8.76. The minimum atomic E-state index is -3.02. The Hall–Kier alpha value is -1.15. The molecule has 1 unspecified atom stereocenters. The fourth-order valence-corrected chi connectivity index (χ4v) is 3.58. The molecule has 114 valence electrons. The van der Waals surface area contributed by atoms with Crippen molar-refractivity contribution in [1.29, 1.82) is 0 Å². The highest BCUT2D eigenvalue weighted by Gasteiger charge is 2.26. The monoisotopic (exact) mass is 303 g/mol. The van der Waals surface area contributed by atoms with Crippen LogP contribution in [-0.4, -0.2) is 56.9 Å². The van der Waals surface area contributed by atoms with Crippen molar-refractivity contribution in [2.75, 3.05) is 24.6 Å². The van der Waals surface area contributed by atoms with Crippen LogP contribution in [0.1, 0.15) is 25.7 Å². The maximum atomic E-state index is 11.7. The van der Waals surface area contributed by atoms with Crippen molar-refractivity contribution in [2.24, 2.45) is 0 Å². The molecule has 2 rings (SSSR count). The van der Waals surface area contributed by atoms with Crippen molar-refractivity contribution in [3.63, 3.8) is 0 Å². The van der Waals surface area contributed by atoms with E-state index in [1.807, 2.05) is 0 Å². The second-order valence-electron chi connectivity index (χ2n) is 5.41. The molecule has 3 N–H and O–H groups in total. The average molecular weight is 303 g/mol. The van der Waals surface area contributed by atoms with Crippen LogP contribution < -0.4 is 16.0 Å². The van der Waals surface area contributed by atoms with Gasteiger partial charge in [-0.3, -0.25) is 9.59 Å². The molecule has 1 aliphatic heterocycles. The Morgan fingerprint density at radius 1 is 1.20 bits per heavy atom. The van der Waals surface area contributed by atoms with E-state index in [0.717, 1.165) is 12.8 Å². The molecule has 2 fully saturated rings. The van der Waals surface area contributed by atoms with E-state index in [9.17, 15) is 18.0 Å². The first kappa shape index (κ1) is 15.2. The zero-order valence-electron chi connectivity index (χ0n) is 11.4. The van der Waals surface area contributed by atoms with Crippen LogP contribution in [0.15, 0.2) is 0 Å². The quantitative estimate of drug-likeness (QED) is 0.557. The standard InChI is InChI=1S/C12H21N3O4S/c16-11(15-9-1-2-9)3-4-14-12(17)7-10-8-20(18,19)6-5-13-10/h9-10,13H,1-8H2,(H,14,17)(H,15,16). The van der Waals surface area contributed by atoms with Crippen LogP contribution in [0.5, 0.6) is 0 Å². The summed E-state index contributed by atoms with van der Waals surface area (Å²) in [6.07, 6.45) is 2.47. The molecule has 0 aromatic rings. The second kappa shape index (κ2) is 6.53. The van der Waals surface area contributed by atoms with Gasteiger partial charge in [0.15, 0.2) is 9.84 Å². The van der Waals surface area contributed by atoms with E-state index >= 15 is 0 Å². The topological polar surface area (TPSA) is 104 Å². The van der Waals surface area contributed by atoms with Gasteiger partial charge in [-0.25, -0.2) is 8.42 Å². The zero-order chi connectivity index (χ0) is 14.6. The highest BCUT2D eigenvalue weighted by Crippen LogP contribution is 2.18. The van der Waals surface area contributed by atoms with Crippen molar-refractivity contribution >= 4 is 21.7 Å². The van der Waals surface area contributed by atoms with Crippen molar-refractivity contribution in [3.8, 4) is 0 Å². The minimum Gasteiger partial charge on any atom is -0.356 e. The van der Waals surface area contributed by atoms with E-state index < -0.39 is 9.84 Å². The van der Waals surface area contributed by atoms with Crippen LogP contribution in [-0.2, 0) is 19.4 Å². The van der Waals surface area contributed by atoms with E-state index in [1.54, 1.807) is 0 Å². The Morgan fingerprint density at radius 3 is 2.60 bits per heavy atom. The van der Waals surface area contributed by atoms with Gasteiger partial charge in [0.05, 0.1) is 11.5 Å². The number of hydrogen-bond donors (Lipinski definition) is 3. The molecule has 0 spiro atoms. The van der Waals surface area contributed by atoms with Gasteiger partial charge in [-0.2, -0.15) is 0 Å². The van der Waals surface area contributed by atoms with Crippen LogP contribution in [0.25, 0.3) is 0 Å². The predicted octanol–water partition coefficient (Wildman–Crippen LogP) is -1.45. The Balaban J connectivity index is 1.61. The average Bonchev–Trinajstić information content (AvgIpc) is 3.11. The lowest BCUT2D eigenvalue weighted by atomic mass is 10.2. The van der Waals surface area contributed by atoms with Crippen molar-refractivity contribution in [2.45, 2.75) is 37.8 Å². The lowest BCUT2D eigenvalue weighted by molar-refractivity contribution is -0.122. The van der Waals surface area contributed by atoms with Crippen LogP contribution in [0.4, 0.5) is 0 Å². The molecular formula is C12H21N3O4S. The fraction of sp³-hybridized carbons (Fsp3) is 0.833. The summed E-state index contributed by atoms with van der Waals surface area (Å²) in [5.41, 5.74) is 0. The Labute approximate surface area is 118 Å². The number of amides is 2. The molecule has 7 nitrogen and oxygen atoms in total. The molecule has 1 saturated heterocycles. The van der Waals surface area contributed by atoms with Gasteiger partial charge in [-0.05, 0) is 12.8 Å². The smallest absolute Gasteiger partial charge is 0.221 e. The lowest BCUT2D eigenvalue weighted by Crippen LogP contribution is -2.47. The van der Waals surface area contributed by atoms with Crippen LogP contribution in [0.2, 0.25) is 0 Å². The summed E-state index contributed by atoms with van der Waals surface area (Å²) in [5, 5.41) is 8.51. The summed E-state index contributed by atoms with van der Waals surface area (Å²) in [7, 11) is -3.02. The molecule has 1 saturated carbocycles. The summed E-state index contributed by atoms with van der Waals surface area (Å²) in [6.45, 7) is 0.681. The number of carbonyl (C=O) groups is 2. The number of nitrogens with one attached hydrogen (secondary N) is 3. The second-order valence-corrected chi connectivity index (χ2v) is 7.64. The van der Waals surface area contributed by atoms with E-state index in [4.69, 9.17) is 0 Å². The summed E-state index contributed by atoms with van der Waals surface area (Å²) in [5.74, 6) is -0.139. The largest absolute Gasteiger partial charge is 0.356 e. The van der Waals surface area contributed by atoms with Gasteiger partial charge in [0, 0.05) is 38.0 Å². The molecular weight excluding hydrogens is 282 g/mol. The molecule has 0 aromatic carbocycles. The van der Waals surface area contributed by atoms with Gasteiger partial charge >= 0.3 is 0 Å². The van der Waals surface area contributed by atoms with Gasteiger partial charge in [-0.1, -0.05) is 0 Å². The maximum Gasteiger partial charge on any atom is 0.221 e. The molecule has 0 aromatic heterocycles. The highest BCUT2D eigenvalue weighted by atomic mass is 32.2. The van der Waals surface area contributed by atoms with Gasteiger partial charge in [0.1, 0.15) is 0 Å². The Kier molecular flexibility index (Phi) is 4.98. The SMILES string of the molecule is O=C(CC1CS(=O)(=O)CCN1)NCCC(=O)NC1CC1. The highest BCUT2D eigenvalue weighted by molar-refractivity contribution is 7.91. The molecule has 0 bridgehead atoms. The van der Waals surface area contributed by atoms with E-state index in [0.29, 0.717) is 12.6 Å². The molecule has 2 aliphatic rings. The van der Waals surface area contributed by atoms with Crippen LogP contribution in [0.3, 0.4) is 0 Å². The third kappa shape index (κ3) is 5.46. The summed E-state index contributed by atoms with van der Waals surface area (Å²) in [4.78, 5) is 23.1. The molecule has 0 radical (unpaired) electrons. The number of hydrogen-bond acceptors (Lipinski definition) is 5. The predicted molar refractivity (Wildman–Crippen MR) is 73.9 cm³/mol. The number of rotatable bonds is 6. The summed E-state index contributed by atoms with van der Waals surface area (Å²) in [6, 6.07) is 0.00360. The van der Waals surface area contributed by atoms with Gasteiger partial charge in [0.2, 0.25) is 11.8 Å². The van der Waals surface area contributed by atoms with Crippen molar-refractivity contribution in [1.82, 2.24) is 16.0 Å². The maximum absolute atomic E-state index is 11.7. The van der Waals surface area contributed by atoms with Gasteiger partial charge < -0.3 is 16.0 Å². The van der Waals surface area contributed by atoms with Crippen molar-refractivity contribution in [3.05, 3.63) is 0 Å². The summed E-state index contributed by atoms with van der Waals surface area (Å²) >= 11 is 0. The summed E-state index contributed by atoms with van der Waals surface area (Å²) < 4.78 is 22.9. The molecule has 1 atom stereocenters. The van der Waals surface area contributed by atoms with Crippen LogP contribution in [0, 0.1) is 0 Å². The first-order chi connectivity index (χ1) is 9.44. The van der Waals surface area contributed by atoms with E-state index in [1.165, 1.54) is 0 Å². The minimum absolute atomic E-state index is 0.00257. The Morgan fingerprint density at radius 2 is 1.95 bits per heavy atom. The number of sulfone groups is 1. The van der Waals surface area contributed by atoms with Gasteiger partial charge in [0.25, 0.3) is 0 Å². The van der Waals surface area contributed by atoms with E-state index in [2.05, 4.69) is 16.0 Å². The molecule has 20 heavy (non-hydrogen) atoms. The van der Waals surface area contributed by atoms with Crippen LogP contribution >= 0.6 is 0 Å². The molecule has 8 heteroatoms. The third-order valence-electron chi connectivity index (χ3n) is 3.35. The van der Waals surface area contributed by atoms with Crippen molar-refractivity contribution < 1.29 is 18.0 Å². The normalized spacial score (nSPS) is 24.9. The third-order valence-corrected chi connectivity index (χ3v) is 5.09. The molecule has 1 heterocycles. The van der Waals surface area contributed by atoms with E-state index in [-0.39, 0.29) is 48.7 Å². The zero-order valence-corrected chi connectivity index (χ0v) is 12.2. The molecule has 2 amide bonds. The Bertz CT molecular complexity index is 473. The molecule has 1 aliphatic carbocycles. The lowest BCUT2D eigenvalue weighted by Gasteiger charge is -2.23. The fourth-order valence-electron chi connectivity index (χ4n) is 2.14.